The molecular weight excluding hydrogens is 296 g/mol. The number of nitrogens with zero attached hydrogens (tertiary/aromatic N) is 2. The monoisotopic (exact) mass is 312 g/mol. The standard InChI is InChI=1S/C16H16N4OS/c1-9-17-16(22-20-9)19-15(21)12-7-4-6-11-10-5-2-3-8-13(10)18-14(11)12/h4,6-7,18H,2-3,5,8H2,1H3,(H,17,19,20,21). The summed E-state index contributed by atoms with van der Waals surface area (Å²) in [6.45, 7) is 1.81. The van der Waals surface area contributed by atoms with E-state index in [1.807, 2.05) is 19.1 Å². The number of anilines is 1. The molecular formula is C16H16N4OS. The zero-order valence-electron chi connectivity index (χ0n) is 12.3. The lowest BCUT2D eigenvalue weighted by atomic mass is 9.95. The molecule has 0 saturated carbocycles. The highest BCUT2D eigenvalue weighted by atomic mass is 32.1. The Balaban J connectivity index is 1.75. The minimum Gasteiger partial charge on any atom is -0.358 e. The molecule has 5 nitrogen and oxygen atoms in total. The maximum absolute atomic E-state index is 12.6. The number of aryl methyl sites for hydroxylation is 3. The summed E-state index contributed by atoms with van der Waals surface area (Å²) in [6.07, 6.45) is 4.60. The summed E-state index contributed by atoms with van der Waals surface area (Å²) >= 11 is 1.20. The number of aromatic amines is 1. The van der Waals surface area contributed by atoms with E-state index in [0.29, 0.717) is 16.5 Å². The maximum Gasteiger partial charge on any atom is 0.259 e. The fourth-order valence-corrected chi connectivity index (χ4v) is 3.70. The van der Waals surface area contributed by atoms with E-state index in [-0.39, 0.29) is 5.91 Å². The van der Waals surface area contributed by atoms with Crippen molar-refractivity contribution in [1.82, 2.24) is 14.3 Å². The van der Waals surface area contributed by atoms with Crippen LogP contribution in [0.25, 0.3) is 10.9 Å². The second kappa shape index (κ2) is 5.21. The van der Waals surface area contributed by atoms with Crippen LogP contribution in [0.1, 0.15) is 40.3 Å². The molecule has 0 radical (unpaired) electrons. The molecule has 3 aromatic rings. The molecule has 0 aliphatic heterocycles. The van der Waals surface area contributed by atoms with Crippen molar-refractivity contribution in [3.8, 4) is 0 Å². The topological polar surface area (TPSA) is 70.7 Å². The van der Waals surface area contributed by atoms with Gasteiger partial charge in [0.1, 0.15) is 5.82 Å². The van der Waals surface area contributed by atoms with Gasteiger partial charge in [0.15, 0.2) is 0 Å². The number of carbonyl (C=O) groups excluding carboxylic acids is 1. The van der Waals surface area contributed by atoms with Crippen molar-refractivity contribution in [2.75, 3.05) is 5.32 Å². The molecule has 4 rings (SSSR count). The van der Waals surface area contributed by atoms with Crippen LogP contribution in [-0.4, -0.2) is 20.2 Å². The van der Waals surface area contributed by atoms with Gasteiger partial charge in [0.05, 0.1) is 11.1 Å². The number of nitrogens with one attached hydrogen (secondary N) is 2. The maximum atomic E-state index is 12.6. The van der Waals surface area contributed by atoms with Crippen LogP contribution in [0.4, 0.5) is 5.13 Å². The van der Waals surface area contributed by atoms with Crippen molar-refractivity contribution in [2.45, 2.75) is 32.6 Å². The third-order valence-corrected chi connectivity index (χ3v) is 4.85. The number of benzene rings is 1. The molecule has 2 aromatic heterocycles. The minimum absolute atomic E-state index is 0.139. The SMILES string of the molecule is Cc1nsc(NC(=O)c2cccc3c4c([nH]c23)CCCC4)n1. The quantitative estimate of drug-likeness (QED) is 0.761. The van der Waals surface area contributed by atoms with Crippen LogP contribution < -0.4 is 5.32 Å². The zero-order chi connectivity index (χ0) is 15.1. The Labute approximate surface area is 131 Å². The molecule has 0 atom stereocenters. The van der Waals surface area contributed by atoms with Crippen LogP contribution in [-0.2, 0) is 12.8 Å². The highest BCUT2D eigenvalue weighted by molar-refractivity contribution is 7.09. The average molecular weight is 312 g/mol. The van der Waals surface area contributed by atoms with E-state index in [1.54, 1.807) is 0 Å². The molecule has 22 heavy (non-hydrogen) atoms. The first-order chi connectivity index (χ1) is 10.7. The number of rotatable bonds is 2. The number of fused-ring (bicyclic) bond motifs is 3. The highest BCUT2D eigenvalue weighted by Crippen LogP contribution is 2.31. The van der Waals surface area contributed by atoms with Crippen LogP contribution in [0.5, 0.6) is 0 Å². The van der Waals surface area contributed by atoms with E-state index >= 15 is 0 Å². The predicted octanol–water partition coefficient (Wildman–Crippen LogP) is 3.46. The Morgan fingerprint density at radius 3 is 3.00 bits per heavy atom. The second-order valence-corrected chi connectivity index (χ2v) is 6.37. The lowest BCUT2D eigenvalue weighted by Crippen LogP contribution is -2.12. The number of hydrogen-bond acceptors (Lipinski definition) is 4. The molecule has 0 unspecified atom stereocenters. The second-order valence-electron chi connectivity index (χ2n) is 5.62. The Morgan fingerprint density at radius 2 is 2.18 bits per heavy atom. The molecule has 2 heterocycles. The largest absolute Gasteiger partial charge is 0.358 e. The molecule has 0 bridgehead atoms. The fourth-order valence-electron chi connectivity index (χ4n) is 3.13. The van der Waals surface area contributed by atoms with E-state index in [0.717, 1.165) is 18.4 Å². The van der Waals surface area contributed by atoms with Gasteiger partial charge in [0.25, 0.3) is 5.91 Å². The van der Waals surface area contributed by atoms with Gasteiger partial charge in [-0.1, -0.05) is 12.1 Å². The van der Waals surface area contributed by atoms with Gasteiger partial charge < -0.3 is 4.98 Å². The molecule has 1 aliphatic carbocycles. The number of aromatic nitrogens is 3. The normalized spacial score (nSPS) is 14.0. The van der Waals surface area contributed by atoms with E-state index in [2.05, 4.69) is 25.7 Å². The molecule has 1 aromatic carbocycles. The van der Waals surface area contributed by atoms with Crippen LogP contribution in [0.2, 0.25) is 0 Å². The first-order valence-electron chi connectivity index (χ1n) is 7.46. The number of para-hydroxylation sites is 1. The van der Waals surface area contributed by atoms with Gasteiger partial charge in [0, 0.05) is 22.6 Å². The van der Waals surface area contributed by atoms with Crippen molar-refractivity contribution in [3.63, 3.8) is 0 Å². The minimum atomic E-state index is -0.139. The smallest absolute Gasteiger partial charge is 0.259 e. The van der Waals surface area contributed by atoms with Crippen molar-refractivity contribution in [3.05, 3.63) is 40.8 Å². The molecule has 1 amide bonds. The molecule has 112 valence electrons. The molecule has 0 saturated heterocycles. The molecule has 6 heteroatoms. The van der Waals surface area contributed by atoms with Gasteiger partial charge in [0.2, 0.25) is 5.13 Å². The van der Waals surface area contributed by atoms with E-state index in [4.69, 9.17) is 0 Å². The molecule has 0 spiro atoms. The highest BCUT2D eigenvalue weighted by Gasteiger charge is 2.19. The number of amides is 1. The summed E-state index contributed by atoms with van der Waals surface area (Å²) in [4.78, 5) is 20.2. The third-order valence-electron chi connectivity index (χ3n) is 4.13. The van der Waals surface area contributed by atoms with E-state index in [1.165, 1.54) is 41.0 Å². The van der Waals surface area contributed by atoms with Gasteiger partial charge in [-0.2, -0.15) is 4.37 Å². The zero-order valence-corrected chi connectivity index (χ0v) is 13.1. The summed E-state index contributed by atoms with van der Waals surface area (Å²) in [6, 6.07) is 5.90. The van der Waals surface area contributed by atoms with Gasteiger partial charge in [-0.3, -0.25) is 10.1 Å². The first kappa shape index (κ1) is 13.5. The van der Waals surface area contributed by atoms with Crippen molar-refractivity contribution < 1.29 is 4.79 Å². The van der Waals surface area contributed by atoms with Crippen LogP contribution in [0.3, 0.4) is 0 Å². The Morgan fingerprint density at radius 1 is 1.32 bits per heavy atom. The Hall–Kier alpha value is -2.21. The van der Waals surface area contributed by atoms with Crippen molar-refractivity contribution in [2.24, 2.45) is 0 Å². The Kier molecular flexibility index (Phi) is 3.18. The summed E-state index contributed by atoms with van der Waals surface area (Å²) in [5.74, 6) is 0.536. The Bertz CT molecular complexity index is 864. The van der Waals surface area contributed by atoms with Crippen molar-refractivity contribution in [1.29, 1.82) is 0 Å². The van der Waals surface area contributed by atoms with E-state index in [9.17, 15) is 4.79 Å². The molecule has 0 fully saturated rings. The summed E-state index contributed by atoms with van der Waals surface area (Å²) in [5, 5.41) is 4.55. The lowest BCUT2D eigenvalue weighted by Gasteiger charge is -2.10. The summed E-state index contributed by atoms with van der Waals surface area (Å²) < 4.78 is 4.09. The predicted molar refractivity (Wildman–Crippen MR) is 87.5 cm³/mol. The number of H-pyrrole nitrogens is 1. The van der Waals surface area contributed by atoms with Crippen LogP contribution in [0, 0.1) is 6.92 Å². The van der Waals surface area contributed by atoms with Gasteiger partial charge in [-0.15, -0.1) is 0 Å². The third kappa shape index (κ3) is 2.20. The summed E-state index contributed by atoms with van der Waals surface area (Å²) in [7, 11) is 0. The van der Waals surface area contributed by atoms with Gasteiger partial charge in [-0.05, 0) is 44.2 Å². The average Bonchev–Trinajstić information content (AvgIpc) is 3.10. The van der Waals surface area contributed by atoms with Crippen LogP contribution in [0.15, 0.2) is 18.2 Å². The number of hydrogen-bond donors (Lipinski definition) is 2. The van der Waals surface area contributed by atoms with Crippen molar-refractivity contribution >= 4 is 33.5 Å². The number of carbonyl (C=O) groups is 1. The van der Waals surface area contributed by atoms with Crippen LogP contribution >= 0.6 is 11.5 Å². The fraction of sp³-hybridized carbons (Fsp3) is 0.312. The lowest BCUT2D eigenvalue weighted by molar-refractivity contribution is 0.102. The summed E-state index contributed by atoms with van der Waals surface area (Å²) in [5.41, 5.74) is 4.27. The first-order valence-corrected chi connectivity index (χ1v) is 8.24. The van der Waals surface area contributed by atoms with Gasteiger partial charge >= 0.3 is 0 Å². The van der Waals surface area contributed by atoms with E-state index < -0.39 is 0 Å². The van der Waals surface area contributed by atoms with Gasteiger partial charge in [-0.25, -0.2) is 4.98 Å². The molecule has 1 aliphatic rings. The molecule has 2 N–H and O–H groups in total.